The molecule has 2 aliphatic carbocycles. The van der Waals surface area contributed by atoms with Crippen LogP contribution in [0.4, 0.5) is 0 Å². The number of hydrogen-bond donors (Lipinski definition) is 1. The number of fused-ring (bicyclic) bond motifs is 4. The third-order valence-corrected chi connectivity index (χ3v) is 10.9. The van der Waals surface area contributed by atoms with E-state index in [9.17, 15) is 0 Å². The first-order valence-electron chi connectivity index (χ1n) is 18.7. The standard InChI is InChI=1S/C50H41N3O/c1-50(42-16-6-3-7-17-42)28-26-38(27-29-50)49(52-33-34-12-4-2-5-13-34)53-48(51)44-31-41(32-46-47(44)43-18-10-11-19-45(43)54-46)37-22-20-36(21-23-37)40-25-24-35-14-8-9-15-39(35)30-40/h2-6,8-16,18-28,30-32H,7,17,29,33H2,1H3,(H2,51,52,53). The van der Waals surface area contributed by atoms with E-state index in [1.807, 2.05) is 36.4 Å². The maximum absolute atomic E-state index is 7.11. The largest absolute Gasteiger partial charge is 0.456 e. The molecule has 6 aromatic carbocycles. The minimum Gasteiger partial charge on any atom is -0.456 e. The highest BCUT2D eigenvalue weighted by Gasteiger charge is 2.28. The van der Waals surface area contributed by atoms with Crippen LogP contribution < -0.4 is 5.73 Å². The number of nitrogens with zero attached hydrogens (tertiary/aromatic N) is 2. The second-order valence-electron chi connectivity index (χ2n) is 14.5. The van der Waals surface area contributed by atoms with Crippen molar-refractivity contribution in [3.63, 3.8) is 0 Å². The van der Waals surface area contributed by atoms with Gasteiger partial charge < -0.3 is 10.2 Å². The van der Waals surface area contributed by atoms with E-state index in [0.29, 0.717) is 18.2 Å². The fraction of sp³-hybridized carbons (Fsp3) is 0.120. The van der Waals surface area contributed by atoms with Gasteiger partial charge in [0, 0.05) is 27.3 Å². The summed E-state index contributed by atoms with van der Waals surface area (Å²) in [6.07, 6.45) is 16.5. The van der Waals surface area contributed by atoms with Crippen LogP contribution in [0, 0.1) is 5.41 Å². The second kappa shape index (κ2) is 14.1. The van der Waals surface area contributed by atoms with Crippen LogP contribution in [0.2, 0.25) is 0 Å². The summed E-state index contributed by atoms with van der Waals surface area (Å²) >= 11 is 0. The maximum Gasteiger partial charge on any atom is 0.156 e. The van der Waals surface area contributed by atoms with Crippen molar-refractivity contribution < 1.29 is 4.42 Å². The third kappa shape index (κ3) is 6.52. The minimum absolute atomic E-state index is 0.0336. The first-order valence-corrected chi connectivity index (χ1v) is 18.7. The lowest BCUT2D eigenvalue weighted by atomic mass is 9.73. The number of amidine groups is 2. The molecule has 0 aliphatic heterocycles. The molecule has 1 heterocycles. The molecule has 0 bridgehead atoms. The van der Waals surface area contributed by atoms with Crippen LogP contribution in [-0.4, -0.2) is 11.7 Å². The van der Waals surface area contributed by atoms with Gasteiger partial charge in [0.25, 0.3) is 0 Å². The molecule has 0 fully saturated rings. The van der Waals surface area contributed by atoms with Gasteiger partial charge in [-0.15, -0.1) is 0 Å². The minimum atomic E-state index is -0.0336. The zero-order valence-corrected chi connectivity index (χ0v) is 30.4. The molecule has 2 N–H and O–H groups in total. The quantitative estimate of drug-likeness (QED) is 0.133. The van der Waals surface area contributed by atoms with Crippen molar-refractivity contribution in [2.24, 2.45) is 21.1 Å². The lowest BCUT2D eigenvalue weighted by Crippen LogP contribution is -2.21. The van der Waals surface area contributed by atoms with Crippen LogP contribution in [0.3, 0.4) is 0 Å². The highest BCUT2D eigenvalue weighted by molar-refractivity contribution is 6.21. The van der Waals surface area contributed by atoms with Gasteiger partial charge in [-0.05, 0) is 82.1 Å². The topological polar surface area (TPSA) is 63.9 Å². The summed E-state index contributed by atoms with van der Waals surface area (Å²) in [6, 6.07) is 46.5. The van der Waals surface area contributed by atoms with E-state index in [2.05, 4.69) is 140 Å². The van der Waals surface area contributed by atoms with Crippen LogP contribution in [0.1, 0.15) is 37.3 Å². The molecule has 262 valence electrons. The second-order valence-corrected chi connectivity index (χ2v) is 14.5. The first-order chi connectivity index (χ1) is 26.5. The summed E-state index contributed by atoms with van der Waals surface area (Å²) < 4.78 is 6.47. The Hall–Kier alpha value is -6.52. The van der Waals surface area contributed by atoms with Gasteiger partial charge in [-0.25, -0.2) is 4.99 Å². The van der Waals surface area contributed by atoms with Crippen LogP contribution in [0.5, 0.6) is 0 Å². The van der Waals surface area contributed by atoms with Crippen LogP contribution in [-0.2, 0) is 6.54 Å². The van der Waals surface area contributed by atoms with E-state index in [-0.39, 0.29) is 5.41 Å². The van der Waals surface area contributed by atoms with E-state index < -0.39 is 0 Å². The van der Waals surface area contributed by atoms with Gasteiger partial charge in [0.2, 0.25) is 0 Å². The monoisotopic (exact) mass is 699 g/mol. The molecule has 4 heteroatoms. The summed E-state index contributed by atoms with van der Waals surface area (Å²) in [5.74, 6) is 1.02. The van der Waals surface area contributed by atoms with Gasteiger partial charge in [-0.3, -0.25) is 4.99 Å². The smallest absolute Gasteiger partial charge is 0.156 e. The van der Waals surface area contributed by atoms with Crippen LogP contribution in [0.15, 0.2) is 195 Å². The predicted molar refractivity (Wildman–Crippen MR) is 227 cm³/mol. The van der Waals surface area contributed by atoms with Crippen molar-refractivity contribution in [2.45, 2.75) is 32.7 Å². The van der Waals surface area contributed by atoms with Gasteiger partial charge in [0.15, 0.2) is 5.84 Å². The summed E-state index contributed by atoms with van der Waals surface area (Å²) in [5, 5.41) is 4.42. The van der Waals surface area contributed by atoms with E-state index >= 15 is 0 Å². The average Bonchev–Trinajstić information content (AvgIpc) is 3.61. The molecule has 0 radical (unpaired) electrons. The van der Waals surface area contributed by atoms with Crippen molar-refractivity contribution in [3.05, 3.63) is 192 Å². The number of hydrogen-bond acceptors (Lipinski definition) is 2. The van der Waals surface area contributed by atoms with Crippen molar-refractivity contribution in [1.29, 1.82) is 0 Å². The van der Waals surface area contributed by atoms with Gasteiger partial charge in [0.1, 0.15) is 17.0 Å². The Morgan fingerprint density at radius 1 is 0.741 bits per heavy atom. The Morgan fingerprint density at radius 3 is 2.26 bits per heavy atom. The zero-order chi connectivity index (χ0) is 36.5. The number of aliphatic imine (C=N–C) groups is 2. The maximum atomic E-state index is 7.11. The zero-order valence-electron chi connectivity index (χ0n) is 30.4. The number of para-hydroxylation sites is 1. The molecule has 1 unspecified atom stereocenters. The lowest BCUT2D eigenvalue weighted by Gasteiger charge is -2.32. The average molecular weight is 700 g/mol. The SMILES string of the molecule is CC1(C2=CC=CCC2)C=CC(C(=NCc2ccccc2)N=C(N)c2cc(-c3ccc(-c4ccc5ccccc5c4)cc3)cc3oc4ccccc4c23)=CC1. The molecule has 0 saturated carbocycles. The van der Waals surface area contributed by atoms with E-state index in [1.165, 1.54) is 21.9 Å². The first kappa shape index (κ1) is 33.3. The molecule has 9 rings (SSSR count). The molecular weight excluding hydrogens is 659 g/mol. The van der Waals surface area contributed by atoms with Crippen molar-refractivity contribution in [3.8, 4) is 22.3 Å². The van der Waals surface area contributed by atoms with E-state index in [0.717, 1.165) is 74.6 Å². The summed E-state index contributed by atoms with van der Waals surface area (Å²) in [6.45, 7) is 2.82. The fourth-order valence-electron chi connectivity index (χ4n) is 7.78. The van der Waals surface area contributed by atoms with Gasteiger partial charge in [0.05, 0.1) is 6.54 Å². The molecular formula is C50H41N3O. The lowest BCUT2D eigenvalue weighted by molar-refractivity contribution is 0.494. The number of benzene rings is 6. The Morgan fingerprint density at radius 2 is 1.48 bits per heavy atom. The number of allylic oxidation sites excluding steroid dienone is 6. The van der Waals surface area contributed by atoms with Crippen molar-refractivity contribution >= 4 is 44.4 Å². The van der Waals surface area contributed by atoms with E-state index in [1.54, 1.807) is 0 Å². The highest BCUT2D eigenvalue weighted by Crippen LogP contribution is 2.41. The number of rotatable bonds is 7. The van der Waals surface area contributed by atoms with Crippen molar-refractivity contribution in [2.75, 3.05) is 0 Å². The van der Waals surface area contributed by atoms with Crippen LogP contribution >= 0.6 is 0 Å². The number of nitrogens with two attached hydrogens (primary N) is 1. The predicted octanol–water partition coefficient (Wildman–Crippen LogP) is 12.5. The normalized spacial score (nSPS) is 17.6. The molecule has 0 spiro atoms. The molecule has 1 atom stereocenters. The highest BCUT2D eigenvalue weighted by atomic mass is 16.3. The van der Waals surface area contributed by atoms with Crippen molar-refractivity contribution in [1.82, 2.24) is 0 Å². The Balaban J connectivity index is 1.12. The Labute approximate surface area is 316 Å². The molecule has 54 heavy (non-hydrogen) atoms. The van der Waals surface area contributed by atoms with Gasteiger partial charge in [-0.1, -0.05) is 158 Å². The third-order valence-electron chi connectivity index (χ3n) is 10.9. The molecule has 1 aromatic heterocycles. The molecule has 0 amide bonds. The molecule has 2 aliphatic rings. The fourth-order valence-corrected chi connectivity index (χ4v) is 7.78. The Bertz CT molecular complexity index is 2720. The number of furan rings is 1. The molecule has 0 saturated heterocycles. The summed E-state index contributed by atoms with van der Waals surface area (Å²) in [5.41, 5.74) is 17.5. The van der Waals surface area contributed by atoms with Gasteiger partial charge >= 0.3 is 0 Å². The molecule has 7 aromatic rings. The van der Waals surface area contributed by atoms with Crippen LogP contribution in [0.25, 0.3) is 55.0 Å². The summed E-state index contributed by atoms with van der Waals surface area (Å²) in [4.78, 5) is 10.2. The summed E-state index contributed by atoms with van der Waals surface area (Å²) in [7, 11) is 0. The van der Waals surface area contributed by atoms with Gasteiger partial charge in [-0.2, -0.15) is 0 Å². The Kier molecular flexibility index (Phi) is 8.72. The molecule has 4 nitrogen and oxygen atoms in total. The van der Waals surface area contributed by atoms with E-state index in [4.69, 9.17) is 20.1 Å².